The van der Waals surface area contributed by atoms with Crippen LogP contribution in [-0.4, -0.2) is 57.4 Å². The van der Waals surface area contributed by atoms with Crippen molar-refractivity contribution in [2.45, 2.75) is 26.0 Å². The van der Waals surface area contributed by atoms with Gasteiger partial charge in [0, 0.05) is 45.5 Å². The van der Waals surface area contributed by atoms with E-state index in [9.17, 15) is 14.7 Å². The summed E-state index contributed by atoms with van der Waals surface area (Å²) >= 11 is 0. The zero-order chi connectivity index (χ0) is 14.3. The molecule has 0 bridgehead atoms. The van der Waals surface area contributed by atoms with Crippen molar-refractivity contribution in [3.8, 4) is 0 Å². The molecule has 0 aromatic carbocycles. The maximum atomic E-state index is 12.4. The number of pyridine rings is 1. The fourth-order valence-electron chi connectivity index (χ4n) is 2.74. The second-order valence-corrected chi connectivity index (χ2v) is 5.38. The third-order valence-corrected chi connectivity index (χ3v) is 3.96. The minimum Gasteiger partial charge on any atom is -0.389 e. The molecular weight excluding hydrogens is 258 g/mol. The molecule has 106 valence electrons. The van der Waals surface area contributed by atoms with Crippen molar-refractivity contribution in [2.75, 3.05) is 19.6 Å². The monoisotopic (exact) mass is 275 g/mol. The molecule has 0 aliphatic carbocycles. The summed E-state index contributed by atoms with van der Waals surface area (Å²) in [5.74, 6) is -0.0332. The quantitative estimate of drug-likeness (QED) is 0.770. The number of aliphatic hydroxyl groups excluding tert-OH is 1. The molecule has 1 aromatic rings. The molecule has 1 fully saturated rings. The summed E-state index contributed by atoms with van der Waals surface area (Å²) in [6.45, 7) is 3.48. The average molecular weight is 275 g/mol. The Morgan fingerprint density at radius 3 is 2.70 bits per heavy atom. The van der Waals surface area contributed by atoms with Crippen LogP contribution in [0.15, 0.2) is 12.4 Å². The molecule has 0 atom stereocenters. The van der Waals surface area contributed by atoms with Crippen LogP contribution in [0.25, 0.3) is 0 Å². The lowest BCUT2D eigenvalue weighted by Crippen LogP contribution is -2.53. The Kier molecular flexibility index (Phi) is 3.17. The average Bonchev–Trinajstić information content (AvgIpc) is 2.42. The van der Waals surface area contributed by atoms with E-state index in [4.69, 9.17) is 0 Å². The van der Waals surface area contributed by atoms with Crippen molar-refractivity contribution in [3.05, 3.63) is 29.1 Å². The lowest BCUT2D eigenvalue weighted by Gasteiger charge is -2.37. The first-order chi connectivity index (χ1) is 9.56. The summed E-state index contributed by atoms with van der Waals surface area (Å²) in [5, 5.41) is 9.29. The first-order valence-electron chi connectivity index (χ1n) is 6.75. The highest BCUT2D eigenvalue weighted by atomic mass is 16.3. The van der Waals surface area contributed by atoms with Gasteiger partial charge in [0.15, 0.2) is 0 Å². The fraction of sp³-hybridized carbons (Fsp3) is 0.500. The van der Waals surface area contributed by atoms with Crippen LogP contribution in [0, 0.1) is 0 Å². The molecule has 1 N–H and O–H groups in total. The minimum absolute atomic E-state index is 0.0400. The normalized spacial score (nSPS) is 18.5. The number of nitrogens with zero attached hydrogens (tertiary/aromatic N) is 3. The molecule has 6 nitrogen and oxygen atoms in total. The van der Waals surface area contributed by atoms with Crippen molar-refractivity contribution >= 4 is 11.8 Å². The van der Waals surface area contributed by atoms with Gasteiger partial charge >= 0.3 is 0 Å². The van der Waals surface area contributed by atoms with E-state index in [1.807, 2.05) is 0 Å². The van der Waals surface area contributed by atoms with Gasteiger partial charge in [0.05, 0.1) is 11.7 Å². The predicted molar refractivity (Wildman–Crippen MR) is 70.9 cm³/mol. The number of β-amino-alcohol motifs (C(OH)–C–C–N with tert-alkyl or cyclic N) is 1. The Morgan fingerprint density at radius 2 is 2.05 bits per heavy atom. The number of aromatic nitrogens is 1. The van der Waals surface area contributed by atoms with Gasteiger partial charge in [-0.05, 0) is 17.5 Å². The molecule has 6 heteroatoms. The molecule has 3 rings (SSSR count). The van der Waals surface area contributed by atoms with Crippen molar-refractivity contribution < 1.29 is 14.7 Å². The van der Waals surface area contributed by atoms with E-state index < -0.39 is 6.10 Å². The maximum absolute atomic E-state index is 12.4. The largest absolute Gasteiger partial charge is 0.389 e. The number of rotatable bonds is 1. The van der Waals surface area contributed by atoms with Gasteiger partial charge in [0.1, 0.15) is 0 Å². The molecular formula is C14H17N3O3. The van der Waals surface area contributed by atoms with E-state index in [0.29, 0.717) is 38.2 Å². The zero-order valence-electron chi connectivity index (χ0n) is 11.4. The second-order valence-electron chi connectivity index (χ2n) is 5.38. The maximum Gasteiger partial charge on any atom is 0.255 e. The van der Waals surface area contributed by atoms with Crippen LogP contribution < -0.4 is 0 Å². The summed E-state index contributed by atoms with van der Waals surface area (Å²) in [7, 11) is 0. The third kappa shape index (κ3) is 2.16. The fourth-order valence-corrected chi connectivity index (χ4v) is 2.74. The molecule has 0 radical (unpaired) electrons. The molecule has 3 heterocycles. The van der Waals surface area contributed by atoms with Gasteiger partial charge in [-0.25, -0.2) is 0 Å². The van der Waals surface area contributed by atoms with E-state index in [0.717, 1.165) is 11.1 Å². The van der Waals surface area contributed by atoms with Crippen LogP contribution in [0.2, 0.25) is 0 Å². The molecule has 0 saturated carbocycles. The molecule has 0 unspecified atom stereocenters. The van der Waals surface area contributed by atoms with E-state index in [1.165, 1.54) is 0 Å². The van der Waals surface area contributed by atoms with Gasteiger partial charge < -0.3 is 14.9 Å². The van der Waals surface area contributed by atoms with Crippen LogP contribution in [0.3, 0.4) is 0 Å². The Morgan fingerprint density at radius 1 is 1.30 bits per heavy atom. The molecule has 0 spiro atoms. The van der Waals surface area contributed by atoms with E-state index >= 15 is 0 Å². The molecule has 1 saturated heterocycles. The van der Waals surface area contributed by atoms with E-state index in [2.05, 4.69) is 4.98 Å². The Bertz CT molecular complexity index is 567. The van der Waals surface area contributed by atoms with Crippen LogP contribution in [0.5, 0.6) is 0 Å². The lowest BCUT2D eigenvalue weighted by atomic mass is 9.95. The summed E-state index contributed by atoms with van der Waals surface area (Å²) < 4.78 is 0. The molecule has 20 heavy (non-hydrogen) atoms. The minimum atomic E-state index is -0.403. The van der Waals surface area contributed by atoms with Gasteiger partial charge in [-0.15, -0.1) is 0 Å². The van der Waals surface area contributed by atoms with Crippen LogP contribution in [0.4, 0.5) is 0 Å². The summed E-state index contributed by atoms with van der Waals surface area (Å²) in [5.41, 5.74) is 2.54. The second kappa shape index (κ2) is 4.86. The molecule has 2 aliphatic heterocycles. The van der Waals surface area contributed by atoms with Crippen LogP contribution >= 0.6 is 0 Å². The number of likely N-dealkylation sites (tertiary alicyclic amines) is 1. The van der Waals surface area contributed by atoms with Gasteiger partial charge in [-0.1, -0.05) is 0 Å². The molecule has 2 aliphatic rings. The van der Waals surface area contributed by atoms with Crippen LogP contribution in [0.1, 0.15) is 28.4 Å². The highest BCUT2D eigenvalue weighted by Gasteiger charge is 2.32. The predicted octanol–water partition coefficient (Wildman–Crippen LogP) is -0.197. The van der Waals surface area contributed by atoms with E-state index in [-0.39, 0.29) is 11.8 Å². The number of aliphatic hydroxyl groups is 1. The SMILES string of the molecule is CC(=O)N1CCc2c(cncc2C(=O)N2CC(O)C2)C1. The zero-order valence-corrected chi connectivity index (χ0v) is 11.4. The molecule has 2 amide bonds. The van der Waals surface area contributed by atoms with Crippen molar-refractivity contribution in [1.82, 2.24) is 14.8 Å². The Labute approximate surface area is 117 Å². The van der Waals surface area contributed by atoms with Crippen molar-refractivity contribution in [1.29, 1.82) is 0 Å². The van der Waals surface area contributed by atoms with E-state index in [1.54, 1.807) is 29.1 Å². The summed E-state index contributed by atoms with van der Waals surface area (Å²) in [6.07, 6.45) is 3.59. The highest BCUT2D eigenvalue weighted by molar-refractivity contribution is 5.96. The van der Waals surface area contributed by atoms with Crippen molar-refractivity contribution in [3.63, 3.8) is 0 Å². The van der Waals surface area contributed by atoms with Crippen molar-refractivity contribution in [2.24, 2.45) is 0 Å². The van der Waals surface area contributed by atoms with Gasteiger partial charge in [0.2, 0.25) is 5.91 Å². The number of fused-ring (bicyclic) bond motifs is 1. The number of amides is 2. The Hall–Kier alpha value is -1.95. The number of carbonyl (C=O) groups excluding carboxylic acids is 2. The smallest absolute Gasteiger partial charge is 0.255 e. The summed E-state index contributed by atoms with van der Waals surface area (Å²) in [4.78, 5) is 31.3. The number of carbonyl (C=O) groups is 2. The first kappa shape index (κ1) is 13.1. The highest BCUT2D eigenvalue weighted by Crippen LogP contribution is 2.24. The number of hydrogen-bond donors (Lipinski definition) is 1. The Balaban J connectivity index is 1.86. The topological polar surface area (TPSA) is 73.7 Å². The number of hydrogen-bond acceptors (Lipinski definition) is 4. The van der Waals surface area contributed by atoms with Gasteiger partial charge in [-0.3, -0.25) is 14.6 Å². The lowest BCUT2D eigenvalue weighted by molar-refractivity contribution is -0.129. The standard InChI is InChI=1S/C14H17N3O3/c1-9(18)16-3-2-12-10(6-16)4-15-5-13(12)14(20)17-7-11(19)8-17/h4-5,11,19H,2-3,6-8H2,1H3. The summed E-state index contributed by atoms with van der Waals surface area (Å²) in [6, 6.07) is 0. The molecule has 1 aromatic heterocycles. The van der Waals surface area contributed by atoms with Gasteiger partial charge in [0.25, 0.3) is 5.91 Å². The van der Waals surface area contributed by atoms with Gasteiger partial charge in [-0.2, -0.15) is 0 Å². The first-order valence-corrected chi connectivity index (χ1v) is 6.75. The van der Waals surface area contributed by atoms with Crippen LogP contribution in [-0.2, 0) is 17.8 Å². The third-order valence-electron chi connectivity index (χ3n) is 3.96.